The van der Waals surface area contributed by atoms with E-state index in [0.29, 0.717) is 19.4 Å². The maximum absolute atomic E-state index is 11.8. The molecule has 17 heavy (non-hydrogen) atoms. The van der Waals surface area contributed by atoms with Crippen LogP contribution in [0.1, 0.15) is 32.5 Å². The molecule has 96 valence electrons. The van der Waals surface area contributed by atoms with Gasteiger partial charge in [-0.15, -0.1) is 10.2 Å². The second-order valence-electron chi connectivity index (χ2n) is 4.53. The summed E-state index contributed by atoms with van der Waals surface area (Å²) in [5.41, 5.74) is 5.13. The molecule has 0 fully saturated rings. The Morgan fingerprint density at radius 2 is 2.35 bits per heavy atom. The summed E-state index contributed by atoms with van der Waals surface area (Å²) >= 11 is 0. The quantitative estimate of drug-likeness (QED) is 0.731. The summed E-state index contributed by atoms with van der Waals surface area (Å²) in [6, 6.07) is 0. The predicted molar refractivity (Wildman–Crippen MR) is 65.2 cm³/mol. The van der Waals surface area contributed by atoms with Crippen LogP contribution < -0.4 is 11.1 Å². The lowest BCUT2D eigenvalue weighted by Crippen LogP contribution is -2.51. The number of nitrogens with zero attached hydrogens (tertiary/aromatic N) is 3. The van der Waals surface area contributed by atoms with Gasteiger partial charge in [-0.25, -0.2) is 0 Å². The Labute approximate surface area is 102 Å². The maximum atomic E-state index is 11.8. The zero-order valence-electron chi connectivity index (χ0n) is 10.7. The number of amides is 1. The van der Waals surface area contributed by atoms with Gasteiger partial charge in [0.05, 0.1) is 5.54 Å². The van der Waals surface area contributed by atoms with Crippen molar-refractivity contribution in [3.05, 3.63) is 12.2 Å². The topological polar surface area (TPSA) is 85.8 Å². The van der Waals surface area contributed by atoms with Gasteiger partial charge in [0, 0.05) is 20.0 Å². The molecule has 0 radical (unpaired) electrons. The average Bonchev–Trinajstić information content (AvgIpc) is 2.64. The molecule has 1 unspecified atom stereocenters. The summed E-state index contributed by atoms with van der Waals surface area (Å²) in [6.45, 7) is 4.30. The third kappa shape index (κ3) is 3.81. The van der Waals surface area contributed by atoms with Crippen LogP contribution in [0.3, 0.4) is 0 Å². The van der Waals surface area contributed by atoms with E-state index in [0.717, 1.165) is 12.2 Å². The van der Waals surface area contributed by atoms with Crippen LogP contribution in [0.4, 0.5) is 0 Å². The number of nitrogens with one attached hydrogen (secondary N) is 1. The van der Waals surface area contributed by atoms with Crippen molar-refractivity contribution in [2.45, 2.75) is 38.6 Å². The van der Waals surface area contributed by atoms with E-state index in [-0.39, 0.29) is 5.91 Å². The Morgan fingerprint density at radius 1 is 1.65 bits per heavy atom. The van der Waals surface area contributed by atoms with Crippen LogP contribution in [-0.4, -0.2) is 32.8 Å². The first-order chi connectivity index (χ1) is 7.97. The Hall–Kier alpha value is -1.43. The Morgan fingerprint density at radius 3 is 2.88 bits per heavy atom. The van der Waals surface area contributed by atoms with Gasteiger partial charge in [-0.05, 0) is 13.3 Å². The van der Waals surface area contributed by atoms with E-state index in [1.54, 1.807) is 13.3 Å². The number of carbonyl (C=O) groups is 1. The van der Waals surface area contributed by atoms with Crippen molar-refractivity contribution in [3.8, 4) is 0 Å². The molecule has 0 aliphatic rings. The highest BCUT2D eigenvalue weighted by Gasteiger charge is 2.26. The van der Waals surface area contributed by atoms with Crippen molar-refractivity contribution in [3.63, 3.8) is 0 Å². The van der Waals surface area contributed by atoms with Gasteiger partial charge >= 0.3 is 0 Å². The van der Waals surface area contributed by atoms with Gasteiger partial charge in [0.25, 0.3) is 0 Å². The van der Waals surface area contributed by atoms with E-state index in [1.807, 2.05) is 18.5 Å². The molecule has 6 heteroatoms. The van der Waals surface area contributed by atoms with E-state index in [1.165, 1.54) is 0 Å². The van der Waals surface area contributed by atoms with Crippen molar-refractivity contribution in [2.75, 3.05) is 6.54 Å². The Bertz CT molecular complexity index is 372. The minimum absolute atomic E-state index is 0.110. The van der Waals surface area contributed by atoms with Crippen LogP contribution in [0.2, 0.25) is 0 Å². The molecule has 0 aliphatic heterocycles. The van der Waals surface area contributed by atoms with Crippen molar-refractivity contribution in [1.82, 2.24) is 20.1 Å². The van der Waals surface area contributed by atoms with Crippen LogP contribution in [0, 0.1) is 0 Å². The molecule has 0 spiro atoms. The van der Waals surface area contributed by atoms with Gasteiger partial charge in [-0.2, -0.15) is 0 Å². The summed E-state index contributed by atoms with van der Waals surface area (Å²) in [7, 11) is 1.88. The Kier molecular flexibility index (Phi) is 4.62. The number of aryl methyl sites for hydroxylation is 1. The van der Waals surface area contributed by atoms with Gasteiger partial charge in [-0.1, -0.05) is 13.3 Å². The normalized spacial score (nSPS) is 14.4. The molecule has 1 heterocycles. The standard InChI is InChI=1S/C11H21N5O/c1-4-6-11(2,12)10(17)13-7-5-9-15-14-8-16(9)3/h8H,4-7,12H2,1-3H3,(H,13,17). The lowest BCUT2D eigenvalue weighted by Gasteiger charge is -2.22. The number of carbonyl (C=O) groups excluding carboxylic acids is 1. The SMILES string of the molecule is CCCC(C)(N)C(=O)NCCc1nncn1C. The molecule has 3 N–H and O–H groups in total. The van der Waals surface area contributed by atoms with E-state index in [4.69, 9.17) is 5.73 Å². The summed E-state index contributed by atoms with van der Waals surface area (Å²) in [5.74, 6) is 0.737. The minimum atomic E-state index is -0.783. The van der Waals surface area contributed by atoms with Gasteiger partial charge < -0.3 is 15.6 Å². The highest BCUT2D eigenvalue weighted by atomic mass is 16.2. The van der Waals surface area contributed by atoms with Crippen LogP contribution in [0.25, 0.3) is 0 Å². The molecule has 0 saturated heterocycles. The van der Waals surface area contributed by atoms with E-state index in [9.17, 15) is 4.79 Å². The highest BCUT2D eigenvalue weighted by Crippen LogP contribution is 2.08. The van der Waals surface area contributed by atoms with Crippen LogP contribution in [0.15, 0.2) is 6.33 Å². The molecule has 0 bridgehead atoms. The summed E-state index contributed by atoms with van der Waals surface area (Å²) in [4.78, 5) is 11.8. The molecule has 6 nitrogen and oxygen atoms in total. The first kappa shape index (κ1) is 13.6. The second kappa shape index (κ2) is 5.77. The fraction of sp³-hybridized carbons (Fsp3) is 0.727. The first-order valence-corrected chi connectivity index (χ1v) is 5.87. The molecular formula is C11H21N5O. The van der Waals surface area contributed by atoms with E-state index < -0.39 is 5.54 Å². The number of aromatic nitrogens is 3. The van der Waals surface area contributed by atoms with Crippen LogP contribution in [0.5, 0.6) is 0 Å². The van der Waals surface area contributed by atoms with Crippen LogP contribution >= 0.6 is 0 Å². The average molecular weight is 239 g/mol. The second-order valence-corrected chi connectivity index (χ2v) is 4.53. The fourth-order valence-corrected chi connectivity index (χ4v) is 1.66. The molecule has 1 aromatic heterocycles. The summed E-state index contributed by atoms with van der Waals surface area (Å²) < 4.78 is 1.83. The molecule has 1 atom stereocenters. The molecule has 0 saturated carbocycles. The fourth-order valence-electron chi connectivity index (χ4n) is 1.66. The van der Waals surface area contributed by atoms with Crippen molar-refractivity contribution < 1.29 is 4.79 Å². The molecule has 1 aromatic rings. The minimum Gasteiger partial charge on any atom is -0.354 e. The number of hydrogen-bond donors (Lipinski definition) is 2. The molecular weight excluding hydrogens is 218 g/mol. The van der Waals surface area contributed by atoms with E-state index in [2.05, 4.69) is 15.5 Å². The van der Waals surface area contributed by atoms with Gasteiger partial charge in [0.15, 0.2) is 0 Å². The van der Waals surface area contributed by atoms with Gasteiger partial charge in [0.2, 0.25) is 5.91 Å². The number of nitrogens with two attached hydrogens (primary N) is 1. The van der Waals surface area contributed by atoms with Gasteiger partial charge in [-0.3, -0.25) is 4.79 Å². The first-order valence-electron chi connectivity index (χ1n) is 5.87. The zero-order chi connectivity index (χ0) is 12.9. The predicted octanol–water partition coefficient (Wildman–Crippen LogP) is -0.00870. The zero-order valence-corrected chi connectivity index (χ0v) is 10.7. The monoisotopic (exact) mass is 239 g/mol. The van der Waals surface area contributed by atoms with E-state index >= 15 is 0 Å². The number of hydrogen-bond acceptors (Lipinski definition) is 4. The third-order valence-corrected chi connectivity index (χ3v) is 2.73. The molecule has 0 aromatic carbocycles. The molecule has 0 aliphatic carbocycles. The lowest BCUT2D eigenvalue weighted by atomic mass is 9.96. The van der Waals surface area contributed by atoms with Crippen LogP contribution in [-0.2, 0) is 18.3 Å². The van der Waals surface area contributed by atoms with Gasteiger partial charge in [0.1, 0.15) is 12.2 Å². The third-order valence-electron chi connectivity index (χ3n) is 2.73. The summed E-state index contributed by atoms with van der Waals surface area (Å²) in [6.07, 6.45) is 3.87. The molecule has 1 rings (SSSR count). The summed E-state index contributed by atoms with van der Waals surface area (Å²) in [5, 5.41) is 10.5. The van der Waals surface area contributed by atoms with Crippen molar-refractivity contribution in [2.24, 2.45) is 12.8 Å². The van der Waals surface area contributed by atoms with Crippen molar-refractivity contribution >= 4 is 5.91 Å². The lowest BCUT2D eigenvalue weighted by molar-refractivity contribution is -0.126. The molecule has 1 amide bonds. The smallest absolute Gasteiger partial charge is 0.239 e. The largest absolute Gasteiger partial charge is 0.354 e. The maximum Gasteiger partial charge on any atom is 0.239 e. The van der Waals surface area contributed by atoms with Crippen molar-refractivity contribution in [1.29, 1.82) is 0 Å². The number of rotatable bonds is 6. The highest BCUT2D eigenvalue weighted by molar-refractivity contribution is 5.85. The Balaban J connectivity index is 2.36.